The first kappa shape index (κ1) is 20.5. The van der Waals surface area contributed by atoms with E-state index in [9.17, 15) is 18.8 Å². The molecule has 2 aromatic rings. The summed E-state index contributed by atoms with van der Waals surface area (Å²) in [6, 6.07) is 10.8. The first-order valence-corrected chi connectivity index (χ1v) is 9.58. The van der Waals surface area contributed by atoms with E-state index < -0.39 is 0 Å². The van der Waals surface area contributed by atoms with E-state index in [1.807, 2.05) is 6.92 Å². The number of hydrogen-bond donors (Lipinski definition) is 2. The number of likely N-dealkylation sites (tertiary alicyclic amines) is 1. The fourth-order valence-electron chi connectivity index (χ4n) is 3.45. The summed E-state index contributed by atoms with van der Waals surface area (Å²) >= 11 is 0. The topological polar surface area (TPSA) is 78.5 Å². The Hall–Kier alpha value is -3.22. The number of anilines is 2. The van der Waals surface area contributed by atoms with E-state index in [0.29, 0.717) is 42.9 Å². The van der Waals surface area contributed by atoms with E-state index in [-0.39, 0.29) is 29.5 Å². The van der Waals surface area contributed by atoms with Crippen LogP contribution in [0.1, 0.15) is 35.7 Å². The van der Waals surface area contributed by atoms with Gasteiger partial charge in [-0.3, -0.25) is 14.4 Å². The highest BCUT2D eigenvalue weighted by atomic mass is 19.1. The van der Waals surface area contributed by atoms with Gasteiger partial charge in [0.1, 0.15) is 5.82 Å². The predicted molar refractivity (Wildman–Crippen MR) is 109 cm³/mol. The van der Waals surface area contributed by atoms with Gasteiger partial charge in [-0.1, -0.05) is 6.07 Å². The Balaban J connectivity index is 1.58. The highest BCUT2D eigenvalue weighted by Crippen LogP contribution is 2.26. The number of nitrogens with zero attached hydrogens (tertiary/aromatic N) is 1. The monoisotopic (exact) mass is 397 g/mol. The second kappa shape index (κ2) is 8.86. The average Bonchev–Trinajstić information content (AvgIpc) is 2.71. The molecule has 2 aromatic carbocycles. The van der Waals surface area contributed by atoms with Gasteiger partial charge < -0.3 is 15.5 Å². The molecule has 0 aliphatic carbocycles. The van der Waals surface area contributed by atoms with Crippen molar-refractivity contribution in [3.8, 4) is 0 Å². The van der Waals surface area contributed by atoms with E-state index >= 15 is 0 Å². The molecule has 29 heavy (non-hydrogen) atoms. The lowest BCUT2D eigenvalue weighted by atomic mass is 9.95. The summed E-state index contributed by atoms with van der Waals surface area (Å²) in [6.45, 7) is 4.22. The Morgan fingerprint density at radius 2 is 1.55 bits per heavy atom. The summed E-state index contributed by atoms with van der Waals surface area (Å²) in [7, 11) is 0. The van der Waals surface area contributed by atoms with E-state index in [2.05, 4.69) is 10.6 Å². The molecule has 0 unspecified atom stereocenters. The van der Waals surface area contributed by atoms with Crippen molar-refractivity contribution in [2.24, 2.45) is 5.92 Å². The maximum Gasteiger partial charge on any atom is 0.253 e. The quantitative estimate of drug-likeness (QED) is 0.828. The lowest BCUT2D eigenvalue weighted by molar-refractivity contribution is -0.121. The fourth-order valence-corrected chi connectivity index (χ4v) is 3.45. The van der Waals surface area contributed by atoms with Gasteiger partial charge in [0.2, 0.25) is 11.8 Å². The molecule has 152 valence electrons. The van der Waals surface area contributed by atoms with Gasteiger partial charge in [-0.2, -0.15) is 0 Å². The van der Waals surface area contributed by atoms with Crippen LogP contribution in [0.2, 0.25) is 0 Å². The van der Waals surface area contributed by atoms with Crippen LogP contribution in [0, 0.1) is 18.7 Å². The van der Waals surface area contributed by atoms with Crippen molar-refractivity contribution in [1.82, 2.24) is 4.90 Å². The third kappa shape index (κ3) is 4.99. The van der Waals surface area contributed by atoms with Crippen molar-refractivity contribution >= 4 is 29.1 Å². The molecule has 1 heterocycles. The lowest BCUT2D eigenvalue weighted by Crippen LogP contribution is -2.41. The Labute approximate surface area is 169 Å². The molecule has 6 nitrogen and oxygen atoms in total. The van der Waals surface area contributed by atoms with Crippen LogP contribution in [0.4, 0.5) is 15.8 Å². The maximum atomic E-state index is 13.0. The highest BCUT2D eigenvalue weighted by Gasteiger charge is 2.28. The summed E-state index contributed by atoms with van der Waals surface area (Å²) in [5.74, 6) is -0.995. The molecule has 7 heteroatoms. The van der Waals surface area contributed by atoms with Crippen molar-refractivity contribution in [2.45, 2.75) is 26.7 Å². The smallest absolute Gasteiger partial charge is 0.253 e. The zero-order valence-electron chi connectivity index (χ0n) is 16.5. The molecule has 0 aromatic heterocycles. The molecule has 3 rings (SSSR count). The van der Waals surface area contributed by atoms with Gasteiger partial charge >= 0.3 is 0 Å². The third-order valence-corrected chi connectivity index (χ3v) is 5.15. The summed E-state index contributed by atoms with van der Waals surface area (Å²) in [6.07, 6.45) is 1.12. The number of piperidine rings is 1. The number of hydrogen-bond acceptors (Lipinski definition) is 3. The van der Waals surface area contributed by atoms with Crippen molar-refractivity contribution < 1.29 is 18.8 Å². The van der Waals surface area contributed by atoms with E-state index in [4.69, 9.17) is 0 Å². The first-order chi connectivity index (χ1) is 13.8. The molecule has 0 saturated carbocycles. The average molecular weight is 397 g/mol. The Morgan fingerprint density at radius 1 is 0.966 bits per heavy atom. The predicted octanol–water partition coefficient (Wildman–Crippen LogP) is 3.58. The van der Waals surface area contributed by atoms with Crippen LogP contribution in [-0.4, -0.2) is 35.7 Å². The summed E-state index contributed by atoms with van der Waals surface area (Å²) in [5.41, 5.74) is 2.56. The minimum atomic E-state index is -0.380. The van der Waals surface area contributed by atoms with Crippen LogP contribution < -0.4 is 10.6 Å². The minimum absolute atomic E-state index is 0.0954. The van der Waals surface area contributed by atoms with E-state index in [1.54, 1.807) is 23.1 Å². The first-order valence-electron chi connectivity index (χ1n) is 9.58. The molecule has 1 aliphatic rings. The van der Waals surface area contributed by atoms with Crippen molar-refractivity contribution in [2.75, 3.05) is 23.7 Å². The lowest BCUT2D eigenvalue weighted by Gasteiger charge is -2.31. The second-order valence-corrected chi connectivity index (χ2v) is 7.22. The third-order valence-electron chi connectivity index (χ3n) is 5.15. The minimum Gasteiger partial charge on any atom is -0.339 e. The van der Waals surface area contributed by atoms with E-state index in [0.717, 1.165) is 5.56 Å². The van der Waals surface area contributed by atoms with E-state index in [1.165, 1.54) is 31.2 Å². The SMILES string of the molecule is CC(=O)Nc1cccc(NC(=O)C2CCN(C(=O)c3ccc(F)cc3)CC2)c1C. The van der Waals surface area contributed by atoms with Crippen LogP contribution in [0.3, 0.4) is 0 Å². The van der Waals surface area contributed by atoms with Gasteiger partial charge in [0.15, 0.2) is 0 Å². The molecule has 0 bridgehead atoms. The van der Waals surface area contributed by atoms with Crippen molar-refractivity contribution in [3.63, 3.8) is 0 Å². The summed E-state index contributed by atoms with van der Waals surface area (Å²) in [5, 5.41) is 5.69. The fraction of sp³-hybridized carbons (Fsp3) is 0.318. The molecule has 0 radical (unpaired) electrons. The van der Waals surface area contributed by atoms with Crippen molar-refractivity contribution in [3.05, 3.63) is 59.4 Å². The largest absolute Gasteiger partial charge is 0.339 e. The normalized spacial score (nSPS) is 14.4. The standard InChI is InChI=1S/C22H24FN3O3/c1-14-19(24-15(2)27)4-3-5-20(14)25-21(28)16-10-12-26(13-11-16)22(29)17-6-8-18(23)9-7-17/h3-9,16H,10-13H2,1-2H3,(H,24,27)(H,25,28). The number of nitrogens with one attached hydrogen (secondary N) is 2. The highest BCUT2D eigenvalue weighted by molar-refractivity contribution is 5.97. The molecular weight excluding hydrogens is 373 g/mol. The zero-order chi connectivity index (χ0) is 21.0. The number of benzene rings is 2. The van der Waals surface area contributed by atoms with Gasteiger partial charge in [0.25, 0.3) is 5.91 Å². The molecular formula is C22H24FN3O3. The maximum absolute atomic E-state index is 13.0. The Morgan fingerprint density at radius 3 is 2.14 bits per heavy atom. The second-order valence-electron chi connectivity index (χ2n) is 7.22. The number of rotatable bonds is 4. The zero-order valence-corrected chi connectivity index (χ0v) is 16.5. The van der Waals surface area contributed by atoms with Crippen LogP contribution in [0.15, 0.2) is 42.5 Å². The molecule has 1 saturated heterocycles. The molecule has 2 N–H and O–H groups in total. The Kier molecular flexibility index (Phi) is 6.26. The molecule has 1 fully saturated rings. The molecule has 3 amide bonds. The van der Waals surface area contributed by atoms with Gasteiger partial charge in [0, 0.05) is 42.9 Å². The molecule has 1 aliphatic heterocycles. The molecule has 0 spiro atoms. The number of halogens is 1. The van der Waals surface area contributed by atoms with Crippen LogP contribution >= 0.6 is 0 Å². The summed E-state index contributed by atoms with van der Waals surface area (Å²) < 4.78 is 13.0. The van der Waals surface area contributed by atoms with Gasteiger partial charge in [0.05, 0.1) is 0 Å². The summed E-state index contributed by atoms with van der Waals surface area (Å²) in [4.78, 5) is 38.2. The van der Waals surface area contributed by atoms with Crippen LogP contribution in [0.5, 0.6) is 0 Å². The number of carbonyl (C=O) groups excluding carboxylic acids is 3. The van der Waals surface area contributed by atoms with Crippen molar-refractivity contribution in [1.29, 1.82) is 0 Å². The van der Waals surface area contributed by atoms with Gasteiger partial charge in [-0.25, -0.2) is 4.39 Å². The van der Waals surface area contributed by atoms with Gasteiger partial charge in [-0.05, 0) is 61.7 Å². The van der Waals surface area contributed by atoms with Gasteiger partial charge in [-0.15, -0.1) is 0 Å². The van der Waals surface area contributed by atoms with Crippen LogP contribution in [0.25, 0.3) is 0 Å². The van der Waals surface area contributed by atoms with Crippen LogP contribution in [-0.2, 0) is 9.59 Å². The number of amides is 3. The molecule has 0 atom stereocenters. The number of carbonyl (C=O) groups is 3. The Bertz CT molecular complexity index is 919.